The minimum Gasteiger partial charge on any atom is -0.457 e. The molecule has 0 atom stereocenters. The first-order valence-corrected chi connectivity index (χ1v) is 8.89. The molecule has 0 bridgehead atoms. The lowest BCUT2D eigenvalue weighted by Crippen LogP contribution is -2.48. The maximum Gasteiger partial charge on any atom is 0.345 e. The summed E-state index contributed by atoms with van der Waals surface area (Å²) < 4.78 is 7.35. The van der Waals surface area contributed by atoms with E-state index in [0.717, 1.165) is 9.13 Å². The van der Waals surface area contributed by atoms with E-state index in [-0.39, 0.29) is 16.9 Å². The third-order valence-corrected chi connectivity index (χ3v) is 4.31. The van der Waals surface area contributed by atoms with E-state index in [9.17, 15) is 14.4 Å². The SMILES string of the molecule is N#Cc1cccc(-n2c(=O)[nH]c(=O)n(-c3ccc(Oc4ccccc4)cc3)c2=O)c1. The number of aromatic amines is 1. The van der Waals surface area contributed by atoms with E-state index in [0.29, 0.717) is 11.5 Å². The fourth-order valence-electron chi connectivity index (χ4n) is 2.93. The fourth-order valence-corrected chi connectivity index (χ4v) is 2.93. The molecule has 0 fully saturated rings. The van der Waals surface area contributed by atoms with Gasteiger partial charge >= 0.3 is 17.1 Å². The number of para-hydroxylation sites is 1. The van der Waals surface area contributed by atoms with Crippen LogP contribution in [0.2, 0.25) is 0 Å². The number of nitrogens with one attached hydrogen (secondary N) is 1. The van der Waals surface area contributed by atoms with Crippen LogP contribution < -0.4 is 21.8 Å². The van der Waals surface area contributed by atoms with E-state index in [1.165, 1.54) is 24.3 Å². The van der Waals surface area contributed by atoms with Crippen molar-refractivity contribution >= 4 is 0 Å². The number of ether oxygens (including phenoxy) is 1. The summed E-state index contributed by atoms with van der Waals surface area (Å²) >= 11 is 0. The second-order valence-corrected chi connectivity index (χ2v) is 6.26. The van der Waals surface area contributed by atoms with Crippen LogP contribution in [0, 0.1) is 11.3 Å². The zero-order valence-electron chi connectivity index (χ0n) is 15.5. The molecule has 0 aliphatic heterocycles. The smallest absolute Gasteiger partial charge is 0.345 e. The van der Waals surface area contributed by atoms with E-state index in [1.54, 1.807) is 36.4 Å². The highest BCUT2D eigenvalue weighted by Gasteiger charge is 2.13. The van der Waals surface area contributed by atoms with Crippen molar-refractivity contribution < 1.29 is 4.74 Å². The third kappa shape index (κ3) is 3.55. The first-order valence-electron chi connectivity index (χ1n) is 8.89. The van der Waals surface area contributed by atoms with Crippen LogP contribution in [0.25, 0.3) is 11.4 Å². The Morgan fingerprint density at radius 2 is 1.37 bits per heavy atom. The van der Waals surface area contributed by atoms with Gasteiger partial charge in [-0.3, -0.25) is 4.98 Å². The second kappa shape index (κ2) is 7.77. The first-order chi connectivity index (χ1) is 14.6. The van der Waals surface area contributed by atoms with Gasteiger partial charge in [-0.15, -0.1) is 0 Å². The van der Waals surface area contributed by atoms with Crippen molar-refractivity contribution in [3.05, 3.63) is 116 Å². The Labute approximate surface area is 169 Å². The predicted octanol–water partition coefficient (Wildman–Crippen LogP) is 2.34. The molecular weight excluding hydrogens is 384 g/mol. The fraction of sp³-hybridized carbons (Fsp3) is 0. The summed E-state index contributed by atoms with van der Waals surface area (Å²) in [5.74, 6) is 1.16. The Balaban J connectivity index is 1.78. The maximum atomic E-state index is 13.0. The summed E-state index contributed by atoms with van der Waals surface area (Å²) in [6.45, 7) is 0. The van der Waals surface area contributed by atoms with Crippen LogP contribution in [-0.4, -0.2) is 14.1 Å². The monoisotopic (exact) mass is 398 g/mol. The largest absolute Gasteiger partial charge is 0.457 e. The zero-order valence-corrected chi connectivity index (χ0v) is 15.5. The van der Waals surface area contributed by atoms with E-state index in [4.69, 9.17) is 10.00 Å². The van der Waals surface area contributed by atoms with Gasteiger partial charge in [0.1, 0.15) is 11.5 Å². The number of aromatic nitrogens is 3. The van der Waals surface area contributed by atoms with Crippen LogP contribution >= 0.6 is 0 Å². The molecule has 0 aliphatic rings. The number of hydrogen-bond acceptors (Lipinski definition) is 5. The molecule has 0 radical (unpaired) electrons. The molecule has 1 N–H and O–H groups in total. The van der Waals surface area contributed by atoms with Crippen molar-refractivity contribution in [2.24, 2.45) is 0 Å². The van der Waals surface area contributed by atoms with Crippen LogP contribution in [0.5, 0.6) is 11.5 Å². The average Bonchev–Trinajstić information content (AvgIpc) is 2.75. The molecule has 0 spiro atoms. The number of H-pyrrole nitrogens is 1. The van der Waals surface area contributed by atoms with Gasteiger partial charge in [-0.25, -0.2) is 23.5 Å². The predicted molar refractivity (Wildman–Crippen MR) is 109 cm³/mol. The van der Waals surface area contributed by atoms with Gasteiger partial charge in [0.05, 0.1) is 23.0 Å². The summed E-state index contributed by atoms with van der Waals surface area (Å²) in [5, 5.41) is 9.07. The van der Waals surface area contributed by atoms with Gasteiger partial charge in [0.25, 0.3) is 0 Å². The highest BCUT2D eigenvalue weighted by molar-refractivity contribution is 5.42. The lowest BCUT2D eigenvalue weighted by atomic mass is 10.2. The summed E-state index contributed by atoms with van der Waals surface area (Å²) in [4.78, 5) is 39.8. The Morgan fingerprint density at radius 1 is 0.733 bits per heavy atom. The molecule has 8 nitrogen and oxygen atoms in total. The van der Waals surface area contributed by atoms with Crippen molar-refractivity contribution in [1.82, 2.24) is 14.1 Å². The number of nitrogens with zero attached hydrogens (tertiary/aromatic N) is 3. The van der Waals surface area contributed by atoms with Crippen molar-refractivity contribution in [2.75, 3.05) is 0 Å². The van der Waals surface area contributed by atoms with Crippen LogP contribution in [0.3, 0.4) is 0 Å². The molecule has 4 rings (SSSR count). The van der Waals surface area contributed by atoms with Crippen molar-refractivity contribution in [1.29, 1.82) is 5.26 Å². The lowest BCUT2D eigenvalue weighted by molar-refractivity contribution is 0.482. The minimum atomic E-state index is -0.889. The summed E-state index contributed by atoms with van der Waals surface area (Å²) in [5.41, 5.74) is -1.89. The van der Waals surface area contributed by atoms with Gasteiger partial charge in [0.2, 0.25) is 0 Å². The Kier molecular flexibility index (Phi) is 4.85. The Bertz CT molecular complexity index is 1430. The van der Waals surface area contributed by atoms with E-state index in [1.807, 2.05) is 24.3 Å². The van der Waals surface area contributed by atoms with Gasteiger partial charge in [0.15, 0.2) is 0 Å². The van der Waals surface area contributed by atoms with Crippen LogP contribution in [0.1, 0.15) is 5.56 Å². The lowest BCUT2D eigenvalue weighted by Gasteiger charge is -2.10. The highest BCUT2D eigenvalue weighted by atomic mass is 16.5. The van der Waals surface area contributed by atoms with Gasteiger partial charge in [0, 0.05) is 0 Å². The van der Waals surface area contributed by atoms with Gasteiger partial charge in [-0.1, -0.05) is 24.3 Å². The molecule has 146 valence electrons. The minimum absolute atomic E-state index is 0.179. The first kappa shape index (κ1) is 18.7. The summed E-state index contributed by atoms with van der Waals surface area (Å²) in [6.07, 6.45) is 0. The summed E-state index contributed by atoms with van der Waals surface area (Å²) in [6, 6.07) is 23.4. The van der Waals surface area contributed by atoms with E-state index < -0.39 is 17.1 Å². The topological polar surface area (TPSA) is 110 Å². The molecule has 30 heavy (non-hydrogen) atoms. The normalized spacial score (nSPS) is 10.4. The number of rotatable bonds is 4. The number of hydrogen-bond donors (Lipinski definition) is 1. The van der Waals surface area contributed by atoms with Gasteiger partial charge < -0.3 is 4.74 Å². The van der Waals surface area contributed by atoms with Crippen molar-refractivity contribution in [2.45, 2.75) is 0 Å². The number of benzene rings is 3. The molecule has 0 aliphatic carbocycles. The van der Waals surface area contributed by atoms with Crippen LogP contribution in [-0.2, 0) is 0 Å². The third-order valence-electron chi connectivity index (χ3n) is 4.31. The van der Waals surface area contributed by atoms with E-state index in [2.05, 4.69) is 4.98 Å². The van der Waals surface area contributed by atoms with Crippen LogP contribution in [0.4, 0.5) is 0 Å². The second-order valence-electron chi connectivity index (χ2n) is 6.26. The standard InChI is InChI=1S/C22H14N4O4/c23-14-15-5-4-6-17(13-15)26-21(28)24-20(27)25(22(26)29)16-9-11-19(12-10-16)30-18-7-2-1-3-8-18/h1-13H,(H,24,27,28). The van der Waals surface area contributed by atoms with Gasteiger partial charge in [-0.2, -0.15) is 5.26 Å². The van der Waals surface area contributed by atoms with Gasteiger partial charge in [-0.05, 0) is 54.6 Å². The molecule has 4 aromatic rings. The van der Waals surface area contributed by atoms with Crippen molar-refractivity contribution in [3.63, 3.8) is 0 Å². The molecule has 0 saturated carbocycles. The number of nitriles is 1. The molecule has 1 heterocycles. The van der Waals surface area contributed by atoms with E-state index >= 15 is 0 Å². The molecule has 1 aromatic heterocycles. The molecule has 0 amide bonds. The maximum absolute atomic E-state index is 13.0. The molecule has 0 unspecified atom stereocenters. The highest BCUT2D eigenvalue weighted by Crippen LogP contribution is 2.21. The molecule has 3 aromatic carbocycles. The summed E-state index contributed by atoms with van der Waals surface area (Å²) in [7, 11) is 0. The Morgan fingerprint density at radius 3 is 2.03 bits per heavy atom. The molecule has 0 saturated heterocycles. The quantitative estimate of drug-likeness (QED) is 0.567. The average molecular weight is 398 g/mol. The Hall–Kier alpha value is -4.64. The van der Waals surface area contributed by atoms with Crippen LogP contribution in [0.15, 0.2) is 93.2 Å². The molecular formula is C22H14N4O4. The zero-order chi connectivity index (χ0) is 21.1. The molecule has 8 heteroatoms. The van der Waals surface area contributed by atoms with Crippen molar-refractivity contribution in [3.8, 4) is 28.9 Å².